The fourth-order valence-electron chi connectivity index (χ4n) is 2.16. The van der Waals surface area contributed by atoms with Crippen LogP contribution in [0, 0.1) is 17.2 Å². The number of hydrogen-bond donors (Lipinski definition) is 2. The number of anilines is 1. The van der Waals surface area contributed by atoms with Gasteiger partial charge in [-0.3, -0.25) is 0 Å². The van der Waals surface area contributed by atoms with Crippen LogP contribution in [0.3, 0.4) is 0 Å². The van der Waals surface area contributed by atoms with Gasteiger partial charge in [-0.05, 0) is 37.0 Å². The molecule has 1 aromatic rings. The summed E-state index contributed by atoms with van der Waals surface area (Å²) in [5, 5.41) is 8.99. The largest absolute Gasteiger partial charge is 0.399 e. The van der Waals surface area contributed by atoms with Crippen molar-refractivity contribution in [3.8, 4) is 6.07 Å². The number of nitrogens with one attached hydrogen (secondary N) is 1. The monoisotopic (exact) mass is 295 g/mol. The number of hydrogen-bond acceptors (Lipinski definition) is 5. The van der Waals surface area contributed by atoms with Gasteiger partial charge in [0.25, 0.3) is 0 Å². The molecule has 0 bridgehead atoms. The third kappa shape index (κ3) is 3.48. The molecule has 1 aliphatic heterocycles. The summed E-state index contributed by atoms with van der Waals surface area (Å²) in [6.07, 6.45) is 1.70. The second-order valence-corrected chi connectivity index (χ2v) is 6.52. The van der Waals surface area contributed by atoms with E-state index in [1.54, 1.807) is 0 Å². The number of nitrogens with zero attached hydrogens (tertiary/aromatic N) is 1. The molecule has 6 nitrogen and oxygen atoms in total. The summed E-state index contributed by atoms with van der Waals surface area (Å²) in [7, 11) is -3.68. The molecule has 3 N–H and O–H groups in total. The summed E-state index contributed by atoms with van der Waals surface area (Å²) in [6, 6.07) is 6.04. The zero-order chi connectivity index (χ0) is 14.6. The van der Waals surface area contributed by atoms with Crippen molar-refractivity contribution in [3.63, 3.8) is 0 Å². The lowest BCUT2D eigenvalue weighted by atomic mass is 10.1. The molecular formula is C13H17N3O3S. The van der Waals surface area contributed by atoms with Crippen LogP contribution in [0.4, 0.5) is 5.69 Å². The highest BCUT2D eigenvalue weighted by Gasteiger charge is 2.20. The number of ether oxygens (including phenoxy) is 1. The Labute approximate surface area is 118 Å². The van der Waals surface area contributed by atoms with E-state index in [1.165, 1.54) is 18.2 Å². The van der Waals surface area contributed by atoms with Crippen molar-refractivity contribution in [1.29, 1.82) is 5.26 Å². The molecule has 1 atom stereocenters. The van der Waals surface area contributed by atoms with Gasteiger partial charge in [0.2, 0.25) is 10.0 Å². The average Bonchev–Trinajstić information content (AvgIpc) is 2.91. The van der Waals surface area contributed by atoms with E-state index in [0.717, 1.165) is 19.4 Å². The van der Waals surface area contributed by atoms with Crippen molar-refractivity contribution >= 4 is 15.7 Å². The Hall–Kier alpha value is -1.62. The first-order valence-electron chi connectivity index (χ1n) is 6.40. The second kappa shape index (κ2) is 6.22. The fraction of sp³-hybridized carbons (Fsp3) is 0.462. The minimum absolute atomic E-state index is 0.0307. The standard InChI is InChI=1S/C13H17N3O3S/c14-8-11-7-12(15)1-2-13(11)20(17,18)16-5-3-10-4-6-19-9-10/h1-2,7,10,16H,3-6,9,15H2. The van der Waals surface area contributed by atoms with Crippen LogP contribution < -0.4 is 10.5 Å². The number of benzene rings is 1. The van der Waals surface area contributed by atoms with Crippen LogP contribution in [0.1, 0.15) is 18.4 Å². The molecule has 7 heteroatoms. The molecule has 1 heterocycles. The lowest BCUT2D eigenvalue weighted by molar-refractivity contribution is 0.184. The van der Waals surface area contributed by atoms with Crippen molar-refractivity contribution in [2.45, 2.75) is 17.7 Å². The minimum atomic E-state index is -3.68. The van der Waals surface area contributed by atoms with Gasteiger partial charge in [-0.25, -0.2) is 13.1 Å². The van der Waals surface area contributed by atoms with E-state index in [4.69, 9.17) is 15.7 Å². The molecule has 0 aromatic heterocycles. The Bertz CT molecular complexity index is 616. The van der Waals surface area contributed by atoms with Gasteiger partial charge in [-0.1, -0.05) is 0 Å². The van der Waals surface area contributed by atoms with Crippen molar-refractivity contribution in [1.82, 2.24) is 4.72 Å². The normalized spacial score (nSPS) is 18.9. The van der Waals surface area contributed by atoms with Crippen molar-refractivity contribution < 1.29 is 13.2 Å². The molecule has 1 unspecified atom stereocenters. The van der Waals surface area contributed by atoms with Crippen molar-refractivity contribution in [3.05, 3.63) is 23.8 Å². The molecule has 1 aliphatic rings. The first-order chi connectivity index (χ1) is 9.53. The molecule has 0 amide bonds. The predicted molar refractivity (Wildman–Crippen MR) is 74.3 cm³/mol. The van der Waals surface area contributed by atoms with Crippen LogP contribution in [-0.2, 0) is 14.8 Å². The van der Waals surface area contributed by atoms with E-state index >= 15 is 0 Å². The topological polar surface area (TPSA) is 105 Å². The maximum Gasteiger partial charge on any atom is 0.241 e. The molecule has 2 rings (SSSR count). The molecule has 1 fully saturated rings. The molecule has 0 spiro atoms. The first-order valence-corrected chi connectivity index (χ1v) is 7.88. The van der Waals surface area contributed by atoms with Crippen LogP contribution in [0.25, 0.3) is 0 Å². The van der Waals surface area contributed by atoms with Gasteiger partial charge in [-0.2, -0.15) is 5.26 Å². The van der Waals surface area contributed by atoms with E-state index in [9.17, 15) is 8.42 Å². The summed E-state index contributed by atoms with van der Waals surface area (Å²) in [6.45, 7) is 1.77. The third-order valence-electron chi connectivity index (χ3n) is 3.28. The van der Waals surface area contributed by atoms with Crippen LogP contribution in [0.5, 0.6) is 0 Å². The highest BCUT2D eigenvalue weighted by Crippen LogP contribution is 2.19. The zero-order valence-corrected chi connectivity index (χ0v) is 11.8. The van der Waals surface area contributed by atoms with Gasteiger partial charge in [0.05, 0.1) is 10.5 Å². The summed E-state index contributed by atoms with van der Waals surface area (Å²) < 4.78 is 32.1. The zero-order valence-electron chi connectivity index (χ0n) is 11.0. The molecule has 0 radical (unpaired) electrons. The Balaban J connectivity index is 2.04. The quantitative estimate of drug-likeness (QED) is 0.783. The van der Waals surface area contributed by atoms with Crippen LogP contribution in [0.15, 0.2) is 23.1 Å². The number of nitrogen functional groups attached to an aromatic ring is 1. The Kier molecular flexibility index (Phi) is 4.60. The average molecular weight is 295 g/mol. The SMILES string of the molecule is N#Cc1cc(N)ccc1S(=O)(=O)NCCC1CCOC1. The molecule has 0 saturated carbocycles. The highest BCUT2D eigenvalue weighted by molar-refractivity contribution is 7.89. The van der Waals surface area contributed by atoms with Crippen LogP contribution in [-0.4, -0.2) is 28.2 Å². The van der Waals surface area contributed by atoms with Gasteiger partial charge >= 0.3 is 0 Å². The maximum absolute atomic E-state index is 12.2. The van der Waals surface area contributed by atoms with E-state index in [0.29, 0.717) is 24.8 Å². The van der Waals surface area contributed by atoms with Gasteiger partial charge in [0.15, 0.2) is 0 Å². The van der Waals surface area contributed by atoms with E-state index in [1.807, 2.05) is 6.07 Å². The van der Waals surface area contributed by atoms with E-state index in [2.05, 4.69) is 4.72 Å². The Morgan fingerprint density at radius 1 is 1.50 bits per heavy atom. The summed E-state index contributed by atoms with van der Waals surface area (Å²) in [5.74, 6) is 0.402. The Morgan fingerprint density at radius 2 is 2.30 bits per heavy atom. The summed E-state index contributed by atoms with van der Waals surface area (Å²) in [5.41, 5.74) is 5.97. The molecule has 20 heavy (non-hydrogen) atoms. The van der Waals surface area contributed by atoms with E-state index < -0.39 is 10.0 Å². The fourth-order valence-corrected chi connectivity index (χ4v) is 3.34. The molecule has 108 valence electrons. The lowest BCUT2D eigenvalue weighted by Crippen LogP contribution is -2.27. The number of nitrogens with two attached hydrogens (primary N) is 1. The summed E-state index contributed by atoms with van der Waals surface area (Å²) >= 11 is 0. The number of rotatable bonds is 5. The third-order valence-corrected chi connectivity index (χ3v) is 4.80. The molecule has 1 aromatic carbocycles. The molecule has 0 aliphatic carbocycles. The van der Waals surface area contributed by atoms with Gasteiger partial charge in [0, 0.05) is 25.4 Å². The smallest absolute Gasteiger partial charge is 0.241 e. The van der Waals surface area contributed by atoms with Gasteiger partial charge in [-0.15, -0.1) is 0 Å². The second-order valence-electron chi connectivity index (χ2n) is 4.78. The lowest BCUT2D eigenvalue weighted by Gasteiger charge is -2.10. The molecular weight excluding hydrogens is 278 g/mol. The van der Waals surface area contributed by atoms with Crippen molar-refractivity contribution in [2.75, 3.05) is 25.5 Å². The summed E-state index contributed by atoms with van der Waals surface area (Å²) in [4.78, 5) is -0.0307. The van der Waals surface area contributed by atoms with Gasteiger partial charge in [0.1, 0.15) is 6.07 Å². The predicted octanol–water partition coefficient (Wildman–Crippen LogP) is 0.845. The van der Waals surface area contributed by atoms with Gasteiger partial charge < -0.3 is 10.5 Å². The van der Waals surface area contributed by atoms with Crippen molar-refractivity contribution in [2.24, 2.45) is 5.92 Å². The Morgan fingerprint density at radius 3 is 2.95 bits per heavy atom. The molecule has 1 saturated heterocycles. The minimum Gasteiger partial charge on any atom is -0.399 e. The van der Waals surface area contributed by atoms with Crippen LogP contribution >= 0.6 is 0 Å². The van der Waals surface area contributed by atoms with E-state index in [-0.39, 0.29) is 10.5 Å². The highest BCUT2D eigenvalue weighted by atomic mass is 32.2. The van der Waals surface area contributed by atoms with Crippen LogP contribution in [0.2, 0.25) is 0 Å². The number of sulfonamides is 1. The maximum atomic E-state index is 12.2. The first kappa shape index (κ1) is 14.8. The number of nitriles is 1.